The summed E-state index contributed by atoms with van der Waals surface area (Å²) in [5, 5.41) is 0.334. The summed E-state index contributed by atoms with van der Waals surface area (Å²) in [6, 6.07) is 1.48. The summed E-state index contributed by atoms with van der Waals surface area (Å²) in [4.78, 5) is 17.2. The number of rotatable bonds is 5. The number of anilines is 1. The number of hydrogen-bond acceptors (Lipinski definition) is 5. The second-order valence-electron chi connectivity index (χ2n) is 5.10. The Kier molecular flexibility index (Phi) is 5.25. The van der Waals surface area contributed by atoms with E-state index in [1.165, 1.54) is 16.6 Å². The van der Waals surface area contributed by atoms with Crippen LogP contribution < -0.4 is 10.6 Å². The van der Waals surface area contributed by atoms with Gasteiger partial charge in [0.2, 0.25) is 15.9 Å². The highest BCUT2D eigenvalue weighted by molar-refractivity contribution is 7.89. The molecule has 7 nitrogen and oxygen atoms in total. The molecule has 1 saturated heterocycles. The summed E-state index contributed by atoms with van der Waals surface area (Å²) < 4.78 is 25.6. The number of sulfonamides is 1. The van der Waals surface area contributed by atoms with Crippen LogP contribution >= 0.6 is 11.6 Å². The number of halogens is 1. The zero-order chi connectivity index (χ0) is 16.3. The van der Waals surface area contributed by atoms with Crippen molar-refractivity contribution in [2.45, 2.75) is 13.3 Å². The van der Waals surface area contributed by atoms with Gasteiger partial charge < -0.3 is 10.6 Å². The first-order valence-electron chi connectivity index (χ1n) is 7.03. The van der Waals surface area contributed by atoms with E-state index in [1.54, 1.807) is 0 Å². The maximum atomic E-state index is 12.0. The number of aromatic nitrogens is 1. The van der Waals surface area contributed by atoms with E-state index in [0.29, 0.717) is 43.4 Å². The summed E-state index contributed by atoms with van der Waals surface area (Å²) in [5.74, 6) is 0.120. The SMILES string of the molecule is CCCS(=O)(=O)N1CCN(c2ncc(C(N)=O)cc2Cl)CC1. The normalized spacial score (nSPS) is 16.7. The third-order valence-corrected chi connectivity index (χ3v) is 5.85. The first kappa shape index (κ1) is 17.0. The van der Waals surface area contributed by atoms with Gasteiger partial charge >= 0.3 is 0 Å². The van der Waals surface area contributed by atoms with Crippen LogP contribution in [0.15, 0.2) is 12.3 Å². The zero-order valence-corrected chi connectivity index (χ0v) is 13.9. The van der Waals surface area contributed by atoms with E-state index >= 15 is 0 Å². The standard InChI is InChI=1S/C13H19ClN4O3S/c1-2-7-22(20,21)18-5-3-17(4-6-18)13-11(14)8-10(9-16-13)12(15)19/h8-9H,2-7H2,1H3,(H2,15,19). The monoisotopic (exact) mass is 346 g/mol. The van der Waals surface area contributed by atoms with Crippen LogP contribution in [0.5, 0.6) is 0 Å². The quantitative estimate of drug-likeness (QED) is 0.846. The molecule has 2 N–H and O–H groups in total. The van der Waals surface area contributed by atoms with Crippen LogP contribution in [-0.4, -0.2) is 55.5 Å². The Hall–Kier alpha value is -1.38. The fourth-order valence-corrected chi connectivity index (χ4v) is 4.14. The van der Waals surface area contributed by atoms with Crippen molar-refractivity contribution in [2.24, 2.45) is 5.73 Å². The van der Waals surface area contributed by atoms with Gasteiger partial charge in [-0.15, -0.1) is 0 Å². The minimum atomic E-state index is -3.18. The number of amides is 1. The molecule has 1 aliphatic heterocycles. The van der Waals surface area contributed by atoms with Crippen LogP contribution in [-0.2, 0) is 10.0 Å². The molecule has 0 aliphatic carbocycles. The van der Waals surface area contributed by atoms with Crippen LogP contribution in [0.25, 0.3) is 0 Å². The molecule has 2 heterocycles. The number of piperazine rings is 1. The van der Waals surface area contributed by atoms with E-state index in [4.69, 9.17) is 17.3 Å². The Morgan fingerprint density at radius 2 is 2.00 bits per heavy atom. The van der Waals surface area contributed by atoms with E-state index in [1.807, 2.05) is 11.8 Å². The van der Waals surface area contributed by atoms with Crippen LogP contribution in [0.1, 0.15) is 23.7 Å². The van der Waals surface area contributed by atoms with Crippen molar-refractivity contribution in [3.05, 3.63) is 22.8 Å². The van der Waals surface area contributed by atoms with E-state index < -0.39 is 15.9 Å². The van der Waals surface area contributed by atoms with Crippen molar-refractivity contribution in [2.75, 3.05) is 36.8 Å². The maximum absolute atomic E-state index is 12.0. The number of primary amides is 1. The van der Waals surface area contributed by atoms with Crippen LogP contribution in [0.2, 0.25) is 5.02 Å². The number of pyridine rings is 1. The van der Waals surface area contributed by atoms with Crippen LogP contribution in [0, 0.1) is 0 Å². The summed E-state index contributed by atoms with van der Waals surface area (Å²) in [6.45, 7) is 3.66. The molecule has 1 fully saturated rings. The molecule has 0 unspecified atom stereocenters. The molecule has 1 amide bonds. The van der Waals surface area contributed by atoms with Crippen molar-refractivity contribution in [3.8, 4) is 0 Å². The van der Waals surface area contributed by atoms with Crippen LogP contribution in [0.3, 0.4) is 0 Å². The molecule has 0 bridgehead atoms. The molecule has 0 radical (unpaired) electrons. The minimum Gasteiger partial charge on any atom is -0.366 e. The molecule has 22 heavy (non-hydrogen) atoms. The molecule has 1 aromatic heterocycles. The van der Waals surface area contributed by atoms with E-state index in [-0.39, 0.29) is 11.3 Å². The second kappa shape index (κ2) is 6.80. The lowest BCUT2D eigenvalue weighted by molar-refractivity contribution is 0.1000. The Bertz CT molecular complexity index is 657. The molecular formula is C13H19ClN4O3S. The highest BCUT2D eigenvalue weighted by Crippen LogP contribution is 2.25. The predicted octanol–water partition coefficient (Wildman–Crippen LogP) is 0.696. The number of nitrogens with two attached hydrogens (primary N) is 1. The summed E-state index contributed by atoms with van der Waals surface area (Å²) in [7, 11) is -3.18. The van der Waals surface area contributed by atoms with Gasteiger partial charge in [-0.25, -0.2) is 13.4 Å². The molecule has 0 spiro atoms. The Labute approximate surface area is 135 Å². The second-order valence-corrected chi connectivity index (χ2v) is 7.59. The van der Waals surface area contributed by atoms with E-state index in [2.05, 4.69) is 4.98 Å². The van der Waals surface area contributed by atoms with E-state index in [9.17, 15) is 13.2 Å². The first-order chi connectivity index (χ1) is 10.3. The topological polar surface area (TPSA) is 96.6 Å². The largest absolute Gasteiger partial charge is 0.366 e. The minimum absolute atomic E-state index is 0.166. The van der Waals surface area contributed by atoms with Crippen molar-refractivity contribution < 1.29 is 13.2 Å². The van der Waals surface area contributed by atoms with Gasteiger partial charge in [0, 0.05) is 32.4 Å². The third kappa shape index (κ3) is 3.68. The fraction of sp³-hybridized carbons (Fsp3) is 0.538. The number of carbonyl (C=O) groups excluding carboxylic acids is 1. The first-order valence-corrected chi connectivity index (χ1v) is 9.02. The van der Waals surface area contributed by atoms with Gasteiger partial charge in [0.05, 0.1) is 16.3 Å². The van der Waals surface area contributed by atoms with Gasteiger partial charge in [-0.2, -0.15) is 4.31 Å². The third-order valence-electron chi connectivity index (χ3n) is 3.50. The molecule has 9 heteroatoms. The summed E-state index contributed by atoms with van der Waals surface area (Å²) in [6.07, 6.45) is 1.98. The molecule has 0 aromatic carbocycles. The summed E-state index contributed by atoms with van der Waals surface area (Å²) >= 11 is 6.14. The Morgan fingerprint density at radius 3 is 2.50 bits per heavy atom. The molecule has 0 saturated carbocycles. The maximum Gasteiger partial charge on any atom is 0.250 e. The van der Waals surface area contributed by atoms with Gasteiger partial charge in [-0.1, -0.05) is 18.5 Å². The fourth-order valence-electron chi connectivity index (χ4n) is 2.36. The van der Waals surface area contributed by atoms with Crippen LogP contribution in [0.4, 0.5) is 5.82 Å². The van der Waals surface area contributed by atoms with Gasteiger partial charge in [0.15, 0.2) is 0 Å². The Morgan fingerprint density at radius 1 is 1.36 bits per heavy atom. The van der Waals surface area contributed by atoms with Gasteiger partial charge in [-0.3, -0.25) is 4.79 Å². The molecule has 1 aliphatic rings. The number of nitrogens with zero attached hydrogens (tertiary/aromatic N) is 3. The van der Waals surface area contributed by atoms with Gasteiger partial charge in [0.25, 0.3) is 0 Å². The highest BCUT2D eigenvalue weighted by Gasteiger charge is 2.27. The van der Waals surface area contributed by atoms with E-state index in [0.717, 1.165) is 0 Å². The summed E-state index contributed by atoms with van der Waals surface area (Å²) in [5.41, 5.74) is 5.43. The van der Waals surface area contributed by atoms with Gasteiger partial charge in [0.1, 0.15) is 5.82 Å². The Balaban J connectivity index is 2.07. The molecule has 0 atom stereocenters. The van der Waals surface area contributed by atoms with Crippen molar-refractivity contribution in [3.63, 3.8) is 0 Å². The van der Waals surface area contributed by atoms with Crippen molar-refractivity contribution in [1.29, 1.82) is 0 Å². The molecule has 2 rings (SSSR count). The lowest BCUT2D eigenvalue weighted by Crippen LogP contribution is -2.49. The van der Waals surface area contributed by atoms with Gasteiger partial charge in [-0.05, 0) is 12.5 Å². The zero-order valence-electron chi connectivity index (χ0n) is 12.3. The molecule has 1 aromatic rings. The smallest absolute Gasteiger partial charge is 0.250 e. The lowest BCUT2D eigenvalue weighted by atomic mass is 10.2. The average molecular weight is 347 g/mol. The van der Waals surface area contributed by atoms with Crippen molar-refractivity contribution >= 4 is 33.3 Å². The predicted molar refractivity (Wildman–Crippen MR) is 85.6 cm³/mol. The lowest BCUT2D eigenvalue weighted by Gasteiger charge is -2.35. The molecule has 122 valence electrons. The highest BCUT2D eigenvalue weighted by atomic mass is 35.5. The average Bonchev–Trinajstić information content (AvgIpc) is 2.47. The number of hydrogen-bond donors (Lipinski definition) is 1. The van der Waals surface area contributed by atoms with Crippen molar-refractivity contribution in [1.82, 2.24) is 9.29 Å². The molecular weight excluding hydrogens is 328 g/mol. The number of carbonyl (C=O) groups is 1.